The highest BCUT2D eigenvalue weighted by molar-refractivity contribution is 7.98. The largest absolute Gasteiger partial charge is 0.496 e. The van der Waals surface area contributed by atoms with Crippen molar-refractivity contribution in [1.82, 2.24) is 19.6 Å². The first-order chi connectivity index (χ1) is 11.1. The lowest BCUT2D eigenvalue weighted by atomic mass is 10.2. The molecule has 2 heterocycles. The topological polar surface area (TPSA) is 52.3 Å². The molecule has 0 aliphatic carbocycles. The third-order valence-electron chi connectivity index (χ3n) is 3.47. The van der Waals surface area contributed by atoms with Crippen LogP contribution >= 0.6 is 23.5 Å². The minimum absolute atomic E-state index is 0.805. The zero-order chi connectivity index (χ0) is 16.4. The molecule has 0 saturated carbocycles. The maximum atomic E-state index is 5.44. The van der Waals surface area contributed by atoms with Gasteiger partial charge in [-0.05, 0) is 37.8 Å². The number of fused-ring (bicyclic) bond motifs is 1. The van der Waals surface area contributed by atoms with Crippen molar-refractivity contribution in [1.29, 1.82) is 0 Å². The minimum Gasteiger partial charge on any atom is -0.496 e. The number of hydrogen-bond donors (Lipinski definition) is 0. The Kier molecular flexibility index (Phi) is 4.77. The molecule has 0 radical (unpaired) electrons. The van der Waals surface area contributed by atoms with Gasteiger partial charge in [0.1, 0.15) is 11.6 Å². The van der Waals surface area contributed by atoms with E-state index >= 15 is 0 Å². The number of ether oxygens (including phenoxy) is 1. The van der Waals surface area contributed by atoms with Gasteiger partial charge in [0.25, 0.3) is 0 Å². The van der Waals surface area contributed by atoms with Crippen LogP contribution in [0.15, 0.2) is 34.3 Å². The Balaban J connectivity index is 1.84. The van der Waals surface area contributed by atoms with Crippen LogP contribution in [-0.4, -0.2) is 32.9 Å². The molecule has 0 aliphatic heterocycles. The van der Waals surface area contributed by atoms with Crippen molar-refractivity contribution in [2.75, 3.05) is 13.4 Å². The molecule has 0 bridgehead atoms. The van der Waals surface area contributed by atoms with Crippen LogP contribution in [0.4, 0.5) is 0 Å². The van der Waals surface area contributed by atoms with Gasteiger partial charge in [-0.25, -0.2) is 4.98 Å². The average molecular weight is 346 g/mol. The van der Waals surface area contributed by atoms with Gasteiger partial charge in [0.15, 0.2) is 10.8 Å². The summed E-state index contributed by atoms with van der Waals surface area (Å²) in [6, 6.07) is 8.25. The predicted octanol–water partition coefficient (Wildman–Crippen LogP) is 3.76. The van der Waals surface area contributed by atoms with Crippen molar-refractivity contribution >= 4 is 29.2 Å². The number of benzene rings is 1. The number of aryl methyl sites for hydroxylation is 2. The van der Waals surface area contributed by atoms with Gasteiger partial charge in [0.05, 0.1) is 7.11 Å². The number of aromatic nitrogens is 4. The molecule has 0 saturated heterocycles. The van der Waals surface area contributed by atoms with Crippen LogP contribution in [0.2, 0.25) is 0 Å². The maximum absolute atomic E-state index is 5.44. The maximum Gasteiger partial charge on any atom is 0.197 e. The van der Waals surface area contributed by atoms with E-state index in [1.165, 1.54) is 5.56 Å². The molecule has 3 rings (SSSR count). The van der Waals surface area contributed by atoms with Gasteiger partial charge in [-0.1, -0.05) is 17.8 Å². The summed E-state index contributed by atoms with van der Waals surface area (Å²) in [6.07, 6.45) is 2.05. The first-order valence-electron chi connectivity index (χ1n) is 7.15. The van der Waals surface area contributed by atoms with Crippen molar-refractivity contribution in [2.45, 2.75) is 29.7 Å². The van der Waals surface area contributed by atoms with Gasteiger partial charge in [0.2, 0.25) is 0 Å². The summed E-state index contributed by atoms with van der Waals surface area (Å²) in [5, 5.41) is 9.39. The van der Waals surface area contributed by atoms with E-state index in [9.17, 15) is 0 Å². The van der Waals surface area contributed by atoms with Crippen molar-refractivity contribution in [2.24, 2.45) is 0 Å². The third-order valence-corrected chi connectivity index (χ3v) is 5.25. The van der Waals surface area contributed by atoms with E-state index in [0.717, 1.165) is 38.7 Å². The van der Waals surface area contributed by atoms with Crippen LogP contribution in [-0.2, 0) is 5.75 Å². The van der Waals surface area contributed by atoms with E-state index in [0.29, 0.717) is 0 Å². The monoisotopic (exact) mass is 346 g/mol. The molecule has 23 heavy (non-hydrogen) atoms. The second-order valence-electron chi connectivity index (χ2n) is 5.10. The summed E-state index contributed by atoms with van der Waals surface area (Å²) < 4.78 is 7.43. The van der Waals surface area contributed by atoms with Crippen LogP contribution in [0.1, 0.15) is 17.1 Å². The number of rotatable bonds is 5. The SMILES string of the molecule is COc1cc(CSc2nnc3cc(C)nc(C)n23)ccc1SC. The average Bonchev–Trinajstić information content (AvgIpc) is 2.95. The molecule has 2 aromatic heterocycles. The minimum atomic E-state index is 0.805. The van der Waals surface area contributed by atoms with Crippen LogP contribution in [0.3, 0.4) is 0 Å². The Morgan fingerprint density at radius 2 is 2.00 bits per heavy atom. The normalized spacial score (nSPS) is 11.1. The quantitative estimate of drug-likeness (QED) is 0.656. The van der Waals surface area contributed by atoms with E-state index in [1.54, 1.807) is 30.6 Å². The Labute approximate surface area is 143 Å². The number of nitrogens with zero attached hydrogens (tertiary/aromatic N) is 4. The van der Waals surface area contributed by atoms with Crippen LogP contribution in [0.25, 0.3) is 5.65 Å². The highest BCUT2D eigenvalue weighted by atomic mass is 32.2. The third kappa shape index (κ3) is 3.30. The summed E-state index contributed by atoms with van der Waals surface area (Å²) in [5.74, 6) is 2.62. The van der Waals surface area contributed by atoms with Crippen LogP contribution in [0.5, 0.6) is 5.75 Å². The molecule has 0 N–H and O–H groups in total. The Morgan fingerprint density at radius 3 is 2.74 bits per heavy atom. The van der Waals surface area contributed by atoms with E-state index < -0.39 is 0 Å². The lowest BCUT2D eigenvalue weighted by Crippen LogP contribution is -1.98. The van der Waals surface area contributed by atoms with E-state index in [2.05, 4.69) is 33.4 Å². The first kappa shape index (κ1) is 16.1. The highest BCUT2D eigenvalue weighted by Gasteiger charge is 2.11. The predicted molar refractivity (Wildman–Crippen MR) is 94.6 cm³/mol. The number of thioether (sulfide) groups is 2. The van der Waals surface area contributed by atoms with Crippen molar-refractivity contribution in [3.05, 3.63) is 41.3 Å². The second kappa shape index (κ2) is 6.80. The fraction of sp³-hybridized carbons (Fsp3) is 0.312. The van der Waals surface area contributed by atoms with Crippen molar-refractivity contribution in [3.8, 4) is 5.75 Å². The molecule has 0 spiro atoms. The van der Waals surface area contributed by atoms with Gasteiger partial charge in [-0.3, -0.25) is 4.40 Å². The highest BCUT2D eigenvalue weighted by Crippen LogP contribution is 2.31. The summed E-state index contributed by atoms with van der Waals surface area (Å²) in [7, 11) is 1.70. The molecule has 0 amide bonds. The van der Waals surface area contributed by atoms with Gasteiger partial charge >= 0.3 is 0 Å². The lowest BCUT2D eigenvalue weighted by Gasteiger charge is -2.08. The van der Waals surface area contributed by atoms with Gasteiger partial charge < -0.3 is 4.74 Å². The molecular weight excluding hydrogens is 328 g/mol. The van der Waals surface area contributed by atoms with Gasteiger partial charge in [-0.2, -0.15) is 0 Å². The number of methoxy groups -OCH3 is 1. The Bertz CT molecular complexity index is 847. The smallest absolute Gasteiger partial charge is 0.197 e. The first-order valence-corrected chi connectivity index (χ1v) is 9.36. The summed E-state index contributed by atoms with van der Waals surface area (Å²) in [6.45, 7) is 3.94. The molecule has 5 nitrogen and oxygen atoms in total. The zero-order valence-electron chi connectivity index (χ0n) is 13.5. The van der Waals surface area contributed by atoms with Gasteiger partial charge in [-0.15, -0.1) is 22.0 Å². The fourth-order valence-corrected chi connectivity index (χ4v) is 3.89. The summed E-state index contributed by atoms with van der Waals surface area (Å²) in [4.78, 5) is 5.63. The fourth-order valence-electron chi connectivity index (χ4n) is 2.42. The Morgan fingerprint density at radius 1 is 1.17 bits per heavy atom. The summed E-state index contributed by atoms with van der Waals surface area (Å²) in [5.41, 5.74) is 2.99. The zero-order valence-corrected chi connectivity index (χ0v) is 15.2. The van der Waals surface area contributed by atoms with Crippen molar-refractivity contribution < 1.29 is 4.74 Å². The van der Waals surface area contributed by atoms with E-state index in [-0.39, 0.29) is 0 Å². The molecule has 1 aromatic carbocycles. The Hall–Kier alpha value is -1.73. The molecule has 3 aromatic rings. The lowest BCUT2D eigenvalue weighted by molar-refractivity contribution is 0.404. The second-order valence-corrected chi connectivity index (χ2v) is 6.89. The van der Waals surface area contributed by atoms with Crippen LogP contribution in [0, 0.1) is 13.8 Å². The van der Waals surface area contributed by atoms with Crippen molar-refractivity contribution in [3.63, 3.8) is 0 Å². The number of hydrogen-bond acceptors (Lipinski definition) is 6. The molecule has 0 unspecified atom stereocenters. The standard InChI is InChI=1S/C16H18N4OS2/c1-10-7-15-18-19-16(20(15)11(2)17-10)23-9-12-5-6-14(22-4)13(8-12)21-3/h5-8H,9H2,1-4H3. The molecule has 0 fully saturated rings. The van der Waals surface area contributed by atoms with Gasteiger partial charge in [0, 0.05) is 22.4 Å². The van der Waals surface area contributed by atoms with E-state index in [1.807, 2.05) is 30.6 Å². The van der Waals surface area contributed by atoms with Crippen LogP contribution < -0.4 is 4.74 Å². The molecule has 0 aliphatic rings. The summed E-state index contributed by atoms with van der Waals surface area (Å²) >= 11 is 3.33. The van der Waals surface area contributed by atoms with E-state index in [4.69, 9.17) is 4.74 Å². The molecule has 120 valence electrons. The molecule has 7 heteroatoms. The molecule has 0 atom stereocenters. The molecular formula is C16H18N4OS2.